The first-order valence-electron chi connectivity index (χ1n) is 7.84. The molecule has 1 N–H and O–H groups in total. The van der Waals surface area contributed by atoms with Crippen molar-refractivity contribution in [3.05, 3.63) is 70.5 Å². The number of aromatic nitrogens is 1. The zero-order valence-electron chi connectivity index (χ0n) is 14.4. The van der Waals surface area contributed by atoms with E-state index in [1.54, 1.807) is 35.5 Å². The topological polar surface area (TPSA) is 79.4 Å². The third kappa shape index (κ3) is 3.65. The van der Waals surface area contributed by atoms with Gasteiger partial charge in [-0.1, -0.05) is 29.8 Å². The minimum absolute atomic E-state index is 0.0955. The number of carbonyl (C=O) groups is 1. The van der Waals surface area contributed by atoms with E-state index in [2.05, 4.69) is 16.3 Å². The Balaban J connectivity index is 2.00. The maximum absolute atomic E-state index is 13.0. The van der Waals surface area contributed by atoms with E-state index in [0.29, 0.717) is 21.8 Å². The highest BCUT2D eigenvalue weighted by atomic mass is 35.5. The van der Waals surface area contributed by atoms with Gasteiger partial charge in [0.2, 0.25) is 10.0 Å². The number of hydrogen-bond acceptors (Lipinski definition) is 4. The highest BCUT2D eigenvalue weighted by Gasteiger charge is 2.38. The van der Waals surface area contributed by atoms with Crippen molar-refractivity contribution in [2.45, 2.75) is 19.5 Å². The fraction of sp³-hybridized carbons (Fsp3) is 0.222. The molecule has 2 heterocycles. The molecule has 26 heavy (non-hydrogen) atoms. The van der Waals surface area contributed by atoms with E-state index >= 15 is 0 Å². The van der Waals surface area contributed by atoms with Gasteiger partial charge in [0.1, 0.15) is 0 Å². The Kier molecular flexibility index (Phi) is 4.88. The molecular formula is C18H18ClN3O3S. The van der Waals surface area contributed by atoms with Crippen LogP contribution in [0.15, 0.2) is 48.8 Å². The monoisotopic (exact) mass is 391 g/mol. The lowest BCUT2D eigenvalue weighted by molar-refractivity contribution is 0.0993. The zero-order chi connectivity index (χ0) is 19.1. The van der Waals surface area contributed by atoms with E-state index in [0.717, 1.165) is 17.4 Å². The van der Waals surface area contributed by atoms with Gasteiger partial charge in [0.15, 0.2) is 0 Å². The maximum atomic E-state index is 13.0. The Bertz CT molecular complexity index is 1000. The highest BCUT2D eigenvalue weighted by molar-refractivity contribution is 7.88. The number of halogens is 1. The third-order valence-electron chi connectivity index (χ3n) is 4.08. The van der Waals surface area contributed by atoms with Gasteiger partial charge in [-0.05, 0) is 36.2 Å². The van der Waals surface area contributed by atoms with Crippen LogP contribution in [0.1, 0.15) is 34.5 Å². The molecule has 6 nitrogen and oxygen atoms in total. The molecule has 0 fully saturated rings. The van der Waals surface area contributed by atoms with Crippen molar-refractivity contribution in [2.75, 3.05) is 11.2 Å². The van der Waals surface area contributed by atoms with Gasteiger partial charge in [-0.3, -0.25) is 14.7 Å². The van der Waals surface area contributed by atoms with Gasteiger partial charge in [-0.15, -0.1) is 0 Å². The second kappa shape index (κ2) is 6.83. The van der Waals surface area contributed by atoms with Gasteiger partial charge in [-0.25, -0.2) is 13.1 Å². The third-order valence-corrected chi connectivity index (χ3v) is 4.99. The Morgan fingerprint density at radius 3 is 2.73 bits per heavy atom. The van der Waals surface area contributed by atoms with Crippen LogP contribution in [0.25, 0.3) is 0 Å². The largest absolute Gasteiger partial charge is 0.295 e. The van der Waals surface area contributed by atoms with Crippen LogP contribution < -0.4 is 9.62 Å². The molecule has 8 heteroatoms. The van der Waals surface area contributed by atoms with Crippen LogP contribution >= 0.6 is 11.6 Å². The number of amides is 1. The summed E-state index contributed by atoms with van der Waals surface area (Å²) in [5.41, 5.74) is 3.40. The lowest BCUT2D eigenvalue weighted by atomic mass is 10.00. The molecule has 2 aromatic rings. The number of benzene rings is 1. The average molecular weight is 392 g/mol. The standard InChI is InChI=1S/C18H18ClN3O3S/c1-11(2)17-15-5-4-13(19)7-16(15)18(23)22(17)14-6-12(8-20-10-14)9-21-26(3,24)25/h4-8,10,17,21H,1,9H2,2-3H3. The smallest absolute Gasteiger partial charge is 0.259 e. The molecule has 0 bridgehead atoms. The quantitative estimate of drug-likeness (QED) is 0.794. The van der Waals surface area contributed by atoms with E-state index in [4.69, 9.17) is 11.6 Å². The Morgan fingerprint density at radius 1 is 1.35 bits per heavy atom. The lowest BCUT2D eigenvalue weighted by Gasteiger charge is -2.26. The van der Waals surface area contributed by atoms with Crippen molar-refractivity contribution in [1.29, 1.82) is 0 Å². The van der Waals surface area contributed by atoms with Crippen LogP contribution in [0.3, 0.4) is 0 Å². The van der Waals surface area contributed by atoms with Gasteiger partial charge in [-0.2, -0.15) is 0 Å². The van der Waals surface area contributed by atoms with Crippen LogP contribution in [0.4, 0.5) is 5.69 Å². The van der Waals surface area contributed by atoms with Gasteiger partial charge >= 0.3 is 0 Å². The van der Waals surface area contributed by atoms with Gasteiger partial charge < -0.3 is 0 Å². The number of fused-ring (bicyclic) bond motifs is 1. The van der Waals surface area contributed by atoms with Crippen molar-refractivity contribution in [2.24, 2.45) is 0 Å². The Hall–Kier alpha value is -2.22. The molecule has 0 spiro atoms. The summed E-state index contributed by atoms with van der Waals surface area (Å²) in [7, 11) is -3.32. The number of anilines is 1. The summed E-state index contributed by atoms with van der Waals surface area (Å²) in [6.45, 7) is 5.97. The van der Waals surface area contributed by atoms with Crippen LogP contribution in [0.2, 0.25) is 5.02 Å². The van der Waals surface area contributed by atoms with Crippen molar-refractivity contribution >= 4 is 33.2 Å². The number of sulfonamides is 1. The second-order valence-corrected chi connectivity index (χ2v) is 8.57. The van der Waals surface area contributed by atoms with Gasteiger partial charge in [0.05, 0.1) is 24.2 Å². The minimum Gasteiger partial charge on any atom is -0.295 e. The van der Waals surface area contributed by atoms with E-state index < -0.39 is 10.0 Å². The maximum Gasteiger partial charge on any atom is 0.259 e. The van der Waals surface area contributed by atoms with Crippen LogP contribution in [0, 0.1) is 0 Å². The number of nitrogens with zero attached hydrogens (tertiary/aromatic N) is 2. The van der Waals surface area contributed by atoms with Crippen LogP contribution in [0.5, 0.6) is 0 Å². The van der Waals surface area contributed by atoms with E-state index in [1.807, 2.05) is 13.0 Å². The summed E-state index contributed by atoms with van der Waals surface area (Å²) in [5, 5.41) is 0.489. The normalized spacial score (nSPS) is 16.7. The van der Waals surface area contributed by atoms with Crippen molar-refractivity contribution in [1.82, 2.24) is 9.71 Å². The molecule has 0 saturated heterocycles. The lowest BCUT2D eigenvalue weighted by Crippen LogP contribution is -2.28. The molecule has 1 aromatic heterocycles. The first-order valence-corrected chi connectivity index (χ1v) is 10.1. The molecular weight excluding hydrogens is 374 g/mol. The molecule has 1 aromatic carbocycles. The molecule has 1 aliphatic heterocycles. The molecule has 0 saturated carbocycles. The number of carbonyl (C=O) groups excluding carboxylic acids is 1. The summed E-state index contributed by atoms with van der Waals surface area (Å²) in [4.78, 5) is 18.7. The van der Waals surface area contributed by atoms with Crippen molar-refractivity contribution in [3.8, 4) is 0 Å². The molecule has 0 aliphatic carbocycles. The molecule has 136 valence electrons. The number of nitrogens with one attached hydrogen (secondary N) is 1. The van der Waals surface area contributed by atoms with Gasteiger partial charge in [0.25, 0.3) is 5.91 Å². The first-order chi connectivity index (χ1) is 12.2. The Morgan fingerprint density at radius 2 is 2.08 bits per heavy atom. The second-order valence-electron chi connectivity index (χ2n) is 6.30. The predicted octanol–water partition coefficient (Wildman–Crippen LogP) is 3.06. The number of rotatable bonds is 5. The molecule has 1 aliphatic rings. The molecule has 1 unspecified atom stereocenters. The number of pyridine rings is 1. The minimum atomic E-state index is -3.32. The predicted molar refractivity (Wildman–Crippen MR) is 102 cm³/mol. The fourth-order valence-corrected chi connectivity index (χ4v) is 3.61. The molecule has 3 rings (SSSR count). The Labute approximate surface area is 157 Å². The van der Waals surface area contributed by atoms with Crippen molar-refractivity contribution < 1.29 is 13.2 Å². The average Bonchev–Trinajstić information content (AvgIpc) is 2.85. The SMILES string of the molecule is C=C(C)C1c2ccc(Cl)cc2C(=O)N1c1cncc(CNS(C)(=O)=O)c1. The number of hydrogen-bond donors (Lipinski definition) is 1. The van der Waals surface area contributed by atoms with E-state index in [1.165, 1.54) is 0 Å². The molecule has 0 radical (unpaired) electrons. The van der Waals surface area contributed by atoms with Gasteiger partial charge in [0, 0.05) is 23.3 Å². The first kappa shape index (κ1) is 18.6. The van der Waals surface area contributed by atoms with Crippen LogP contribution in [-0.2, 0) is 16.6 Å². The summed E-state index contributed by atoms with van der Waals surface area (Å²) >= 11 is 6.05. The fourth-order valence-electron chi connectivity index (χ4n) is 3.01. The summed E-state index contributed by atoms with van der Waals surface area (Å²) in [6, 6.07) is 6.65. The molecule has 1 atom stereocenters. The highest BCUT2D eigenvalue weighted by Crippen LogP contribution is 2.41. The summed E-state index contributed by atoms with van der Waals surface area (Å²) in [5.74, 6) is -0.189. The summed E-state index contributed by atoms with van der Waals surface area (Å²) in [6.07, 6.45) is 4.22. The van der Waals surface area contributed by atoms with Crippen LogP contribution in [-0.4, -0.2) is 25.6 Å². The summed E-state index contributed by atoms with van der Waals surface area (Å²) < 4.78 is 25.0. The molecule has 1 amide bonds. The zero-order valence-corrected chi connectivity index (χ0v) is 15.9. The van der Waals surface area contributed by atoms with E-state index in [-0.39, 0.29) is 18.5 Å². The van der Waals surface area contributed by atoms with E-state index in [9.17, 15) is 13.2 Å². The van der Waals surface area contributed by atoms with Crippen molar-refractivity contribution in [3.63, 3.8) is 0 Å².